The minimum atomic E-state index is -0.121. The van der Waals surface area contributed by atoms with E-state index in [4.69, 9.17) is 9.57 Å². The summed E-state index contributed by atoms with van der Waals surface area (Å²) < 4.78 is 6.02. The third-order valence-corrected chi connectivity index (χ3v) is 9.20. The van der Waals surface area contributed by atoms with Crippen molar-refractivity contribution in [3.05, 3.63) is 95.1 Å². The molecule has 1 amide bonds. The van der Waals surface area contributed by atoms with Gasteiger partial charge in [-0.05, 0) is 117 Å². The Morgan fingerprint density at radius 3 is 2.10 bits per heavy atom. The molecule has 3 saturated heterocycles. The van der Waals surface area contributed by atoms with E-state index in [-0.39, 0.29) is 11.9 Å². The number of nitrogens with one attached hydrogen (secondary N) is 1. The Labute approximate surface area is 249 Å². The molecule has 0 radical (unpaired) electrons. The maximum atomic E-state index is 13.4. The van der Waals surface area contributed by atoms with E-state index >= 15 is 0 Å². The zero-order valence-corrected chi connectivity index (χ0v) is 24.4. The molecule has 3 aromatic rings. The normalized spacial score (nSPS) is 21.0. The van der Waals surface area contributed by atoms with Crippen LogP contribution in [0.2, 0.25) is 0 Å². The topological polar surface area (TPSA) is 74.3 Å². The number of hydrogen-bond donors (Lipinski definition) is 2. The van der Waals surface area contributed by atoms with E-state index < -0.39 is 0 Å². The van der Waals surface area contributed by atoms with Crippen molar-refractivity contribution in [1.82, 2.24) is 15.3 Å². The van der Waals surface area contributed by atoms with Crippen molar-refractivity contribution >= 4 is 5.91 Å². The molecule has 3 aliphatic rings. The van der Waals surface area contributed by atoms with Gasteiger partial charge in [0.2, 0.25) is 0 Å². The summed E-state index contributed by atoms with van der Waals surface area (Å²) in [7, 11) is 0. The van der Waals surface area contributed by atoms with Gasteiger partial charge in [0.15, 0.2) is 0 Å². The van der Waals surface area contributed by atoms with Gasteiger partial charge < -0.3 is 15.2 Å². The van der Waals surface area contributed by atoms with Crippen LogP contribution in [0.15, 0.2) is 72.8 Å². The fourth-order valence-corrected chi connectivity index (χ4v) is 6.64. The number of piperidine rings is 2. The molecule has 1 atom stereocenters. The van der Waals surface area contributed by atoms with Gasteiger partial charge >= 0.3 is 0 Å². The van der Waals surface area contributed by atoms with Gasteiger partial charge in [-0.15, -0.1) is 0 Å². The summed E-state index contributed by atoms with van der Waals surface area (Å²) in [6, 6.07) is 24.5. The average molecular weight is 570 g/mol. The molecule has 3 aliphatic heterocycles. The number of phenolic OH excluding ortho intramolecular Hbond substituents is 1. The summed E-state index contributed by atoms with van der Waals surface area (Å²) in [6.45, 7) is 5.65. The van der Waals surface area contributed by atoms with Gasteiger partial charge in [-0.3, -0.25) is 14.5 Å². The molecule has 6 rings (SSSR count). The van der Waals surface area contributed by atoms with Crippen LogP contribution >= 0.6 is 0 Å². The molecular weight excluding hydrogens is 526 g/mol. The Morgan fingerprint density at radius 2 is 1.40 bits per heavy atom. The number of amides is 1. The number of nitrogens with zero attached hydrogens (tertiary/aromatic N) is 2. The zero-order valence-electron chi connectivity index (χ0n) is 24.4. The molecule has 2 N–H and O–H groups in total. The van der Waals surface area contributed by atoms with E-state index in [1.807, 2.05) is 12.1 Å². The number of carbonyl (C=O) groups is 1. The molecule has 0 aromatic heterocycles. The lowest BCUT2D eigenvalue weighted by molar-refractivity contribution is -0.212. The number of rotatable bonds is 9. The molecule has 0 spiro atoms. The monoisotopic (exact) mass is 569 g/mol. The number of ether oxygens (including phenoxy) is 1. The summed E-state index contributed by atoms with van der Waals surface area (Å²) >= 11 is 0. The number of aromatic hydroxyl groups is 1. The molecule has 3 heterocycles. The maximum Gasteiger partial charge on any atom is 0.263 e. The highest BCUT2D eigenvalue weighted by molar-refractivity contribution is 5.81. The fourth-order valence-electron chi connectivity index (χ4n) is 6.64. The third kappa shape index (κ3) is 7.14. The summed E-state index contributed by atoms with van der Waals surface area (Å²) in [5.41, 5.74) is 4.96. The number of hydroxylamine groups is 2. The first-order chi connectivity index (χ1) is 20.6. The van der Waals surface area contributed by atoms with E-state index in [0.717, 1.165) is 63.2 Å². The van der Waals surface area contributed by atoms with E-state index in [1.54, 1.807) is 17.2 Å². The van der Waals surface area contributed by atoms with Crippen molar-refractivity contribution in [3.8, 4) is 11.5 Å². The maximum absolute atomic E-state index is 13.4. The van der Waals surface area contributed by atoms with Crippen LogP contribution in [-0.2, 0) is 22.6 Å². The molecule has 42 heavy (non-hydrogen) atoms. The molecule has 0 aliphatic carbocycles. The van der Waals surface area contributed by atoms with Gasteiger partial charge in [-0.1, -0.05) is 48.5 Å². The van der Waals surface area contributed by atoms with Crippen molar-refractivity contribution < 1.29 is 19.5 Å². The second-order valence-electron chi connectivity index (χ2n) is 11.9. The molecule has 7 heteroatoms. The predicted octanol–water partition coefficient (Wildman–Crippen LogP) is 5.39. The van der Waals surface area contributed by atoms with Crippen molar-refractivity contribution in [2.75, 3.05) is 39.4 Å². The lowest BCUT2D eigenvalue weighted by atomic mass is 9.88. The lowest BCUT2D eigenvalue weighted by Gasteiger charge is -2.41. The SMILES string of the molecule is O=C1C(N2CCC(c3ccc(O)cc3)CC2)CCON1Cc1ccc(CCOc2ccc(C3CCNCC3)cc2)cc1. The third-order valence-electron chi connectivity index (χ3n) is 9.20. The Balaban J connectivity index is 0.949. The second-order valence-corrected chi connectivity index (χ2v) is 11.9. The lowest BCUT2D eigenvalue weighted by Crippen LogP contribution is -2.54. The first-order valence-corrected chi connectivity index (χ1v) is 15.6. The molecule has 7 nitrogen and oxygen atoms in total. The van der Waals surface area contributed by atoms with Crippen molar-refractivity contribution in [3.63, 3.8) is 0 Å². The van der Waals surface area contributed by atoms with E-state index in [2.05, 4.69) is 58.7 Å². The second kappa shape index (κ2) is 13.7. The molecule has 222 valence electrons. The van der Waals surface area contributed by atoms with Crippen LogP contribution < -0.4 is 10.1 Å². The van der Waals surface area contributed by atoms with Gasteiger partial charge in [-0.25, -0.2) is 5.06 Å². The van der Waals surface area contributed by atoms with Gasteiger partial charge in [0.05, 0.1) is 25.8 Å². The van der Waals surface area contributed by atoms with Crippen LogP contribution in [0.25, 0.3) is 0 Å². The molecule has 3 aromatic carbocycles. The molecular formula is C35H43N3O4. The number of carbonyl (C=O) groups excluding carboxylic acids is 1. The van der Waals surface area contributed by atoms with E-state index in [9.17, 15) is 9.90 Å². The Hall–Kier alpha value is -3.39. The molecule has 1 unspecified atom stereocenters. The average Bonchev–Trinajstić information content (AvgIpc) is 3.04. The number of hydrogen-bond acceptors (Lipinski definition) is 6. The Bertz CT molecular complexity index is 1280. The summed E-state index contributed by atoms with van der Waals surface area (Å²) in [4.78, 5) is 21.5. The fraction of sp³-hybridized carbons (Fsp3) is 0.457. The van der Waals surface area contributed by atoms with Crippen molar-refractivity contribution in [2.24, 2.45) is 0 Å². The van der Waals surface area contributed by atoms with Crippen LogP contribution in [0.3, 0.4) is 0 Å². The van der Waals surface area contributed by atoms with Crippen LogP contribution in [0, 0.1) is 0 Å². The Morgan fingerprint density at radius 1 is 0.786 bits per heavy atom. The Kier molecular flexibility index (Phi) is 9.38. The highest BCUT2D eigenvalue weighted by atomic mass is 16.7. The smallest absolute Gasteiger partial charge is 0.263 e. The van der Waals surface area contributed by atoms with Crippen molar-refractivity contribution in [1.29, 1.82) is 0 Å². The largest absolute Gasteiger partial charge is 0.508 e. The number of benzene rings is 3. The van der Waals surface area contributed by atoms with Gasteiger partial charge in [0, 0.05) is 6.42 Å². The van der Waals surface area contributed by atoms with Gasteiger partial charge in [0.25, 0.3) is 5.91 Å². The highest BCUT2D eigenvalue weighted by Crippen LogP contribution is 2.31. The van der Waals surface area contributed by atoms with Gasteiger partial charge in [0.1, 0.15) is 11.5 Å². The summed E-state index contributed by atoms with van der Waals surface area (Å²) in [6.07, 6.45) is 6.01. The van der Waals surface area contributed by atoms with Crippen LogP contribution in [-0.4, -0.2) is 66.4 Å². The first-order valence-electron chi connectivity index (χ1n) is 15.6. The van der Waals surface area contributed by atoms with Crippen LogP contribution in [0.4, 0.5) is 0 Å². The first kappa shape index (κ1) is 28.7. The summed E-state index contributed by atoms with van der Waals surface area (Å²) in [5, 5.41) is 14.6. The predicted molar refractivity (Wildman–Crippen MR) is 163 cm³/mol. The van der Waals surface area contributed by atoms with Crippen LogP contribution in [0.1, 0.15) is 66.2 Å². The van der Waals surface area contributed by atoms with Crippen molar-refractivity contribution in [2.45, 2.75) is 62.9 Å². The minimum Gasteiger partial charge on any atom is -0.508 e. The standard InChI is InChI=1S/C35H43N3O4/c39-32-9-5-28(6-10-32)31-15-21-37(22-16-31)34-18-24-42-38(35(34)40)25-27-3-1-26(2-4-27)17-23-41-33-11-7-29(8-12-33)30-13-19-36-20-14-30/h1-12,30-31,34,36,39H,13-25H2. The number of likely N-dealkylation sites (tertiary alicyclic amines) is 1. The van der Waals surface area contributed by atoms with E-state index in [1.165, 1.54) is 29.5 Å². The quantitative estimate of drug-likeness (QED) is 0.360. The molecule has 0 saturated carbocycles. The van der Waals surface area contributed by atoms with E-state index in [0.29, 0.717) is 37.3 Å². The molecule has 0 bridgehead atoms. The summed E-state index contributed by atoms with van der Waals surface area (Å²) in [5.74, 6) is 2.42. The van der Waals surface area contributed by atoms with Crippen LogP contribution in [0.5, 0.6) is 11.5 Å². The van der Waals surface area contributed by atoms with Gasteiger partial charge in [-0.2, -0.15) is 0 Å². The molecule has 3 fully saturated rings. The highest BCUT2D eigenvalue weighted by Gasteiger charge is 2.36. The minimum absolute atomic E-state index is 0.0629. The zero-order chi connectivity index (χ0) is 28.7. The number of phenols is 1.